The van der Waals surface area contributed by atoms with Crippen LogP contribution in [0.2, 0.25) is 0 Å². The van der Waals surface area contributed by atoms with Gasteiger partial charge in [-0.05, 0) is 23.3 Å². The highest BCUT2D eigenvalue weighted by atomic mass is 32.2. The van der Waals surface area contributed by atoms with E-state index in [2.05, 4.69) is 0 Å². The lowest BCUT2D eigenvalue weighted by molar-refractivity contribution is -0.110. The fourth-order valence-corrected chi connectivity index (χ4v) is 5.11. The van der Waals surface area contributed by atoms with Crippen LogP contribution in [-0.2, 0) is 21.4 Å². The average molecular weight is 407 g/mol. The van der Waals surface area contributed by atoms with E-state index in [4.69, 9.17) is 14.3 Å². The van der Waals surface area contributed by atoms with Crippen LogP contribution in [-0.4, -0.2) is 58.0 Å². The van der Waals surface area contributed by atoms with E-state index in [0.29, 0.717) is 18.0 Å². The molecule has 8 heteroatoms. The van der Waals surface area contributed by atoms with Gasteiger partial charge in [0, 0.05) is 26.7 Å². The second-order valence-electron chi connectivity index (χ2n) is 6.76. The number of sulfonamides is 1. The third kappa shape index (κ3) is 4.15. The lowest BCUT2D eigenvalue weighted by atomic mass is 10.0. The first-order chi connectivity index (χ1) is 13.4. The minimum Gasteiger partial charge on any atom is -0.497 e. The zero-order chi connectivity index (χ0) is 20.3. The van der Waals surface area contributed by atoms with Gasteiger partial charge in [0.05, 0.1) is 26.9 Å². The first kappa shape index (κ1) is 20.6. The minimum atomic E-state index is -3.62. The third-order valence-corrected chi connectivity index (χ3v) is 7.12. The van der Waals surface area contributed by atoms with Crippen LogP contribution >= 0.6 is 0 Å². The Morgan fingerprint density at radius 1 is 1.11 bits per heavy atom. The number of ether oxygens (including phenoxy) is 2. The first-order valence-corrected chi connectivity index (χ1v) is 10.4. The molecular weight excluding hydrogens is 380 g/mol. The molecule has 2 aromatic carbocycles. The molecule has 0 spiro atoms. The summed E-state index contributed by atoms with van der Waals surface area (Å²) in [5.41, 5.74) is 1.69. The van der Waals surface area contributed by atoms with Crippen LogP contribution in [0.5, 0.6) is 11.5 Å². The van der Waals surface area contributed by atoms with Crippen molar-refractivity contribution in [1.29, 1.82) is 0 Å². The van der Waals surface area contributed by atoms with Crippen molar-refractivity contribution < 1.29 is 22.7 Å². The first-order valence-electron chi connectivity index (χ1n) is 8.94. The summed E-state index contributed by atoms with van der Waals surface area (Å²) in [4.78, 5) is 5.61. The molecule has 1 fully saturated rings. The van der Waals surface area contributed by atoms with Gasteiger partial charge in [0.25, 0.3) is 0 Å². The fourth-order valence-electron chi connectivity index (χ4n) is 3.43. The van der Waals surface area contributed by atoms with Gasteiger partial charge in [-0.15, -0.1) is 0 Å². The van der Waals surface area contributed by atoms with Crippen LogP contribution in [0, 0.1) is 0 Å². The molecule has 2 aromatic rings. The monoisotopic (exact) mass is 406 g/mol. The number of hydrogen-bond acceptors (Lipinski definition) is 6. The summed E-state index contributed by atoms with van der Waals surface area (Å²) in [5.74, 6) is 1.20. The van der Waals surface area contributed by atoms with Crippen LogP contribution in [0.15, 0.2) is 48.5 Å². The molecule has 1 aliphatic rings. The number of methoxy groups -OCH3 is 2. The van der Waals surface area contributed by atoms with E-state index in [0.717, 1.165) is 11.1 Å². The second kappa shape index (κ2) is 8.48. The normalized spacial score (nSPS) is 20.5. The molecule has 1 aliphatic heterocycles. The van der Waals surface area contributed by atoms with Gasteiger partial charge in [0.15, 0.2) is 0 Å². The Kier molecular flexibility index (Phi) is 6.24. The summed E-state index contributed by atoms with van der Waals surface area (Å²) in [6, 6.07) is 14.4. The van der Waals surface area contributed by atoms with Crippen molar-refractivity contribution in [2.75, 3.05) is 34.9 Å². The number of benzene rings is 2. The highest BCUT2D eigenvalue weighted by Gasteiger charge is 2.45. The van der Waals surface area contributed by atoms with E-state index >= 15 is 0 Å². The van der Waals surface area contributed by atoms with Crippen molar-refractivity contribution in [3.8, 4) is 11.5 Å². The summed E-state index contributed by atoms with van der Waals surface area (Å²) >= 11 is 0. The molecule has 0 aliphatic carbocycles. The van der Waals surface area contributed by atoms with Crippen LogP contribution in [0.3, 0.4) is 0 Å². The minimum absolute atomic E-state index is 0.0855. The van der Waals surface area contributed by atoms with Gasteiger partial charge in [-0.1, -0.05) is 30.3 Å². The summed E-state index contributed by atoms with van der Waals surface area (Å²) in [5, 5.41) is 0.843. The maximum absolute atomic E-state index is 13.3. The molecule has 28 heavy (non-hydrogen) atoms. The molecule has 1 heterocycles. The summed E-state index contributed by atoms with van der Waals surface area (Å²) < 4.78 is 38.7. The van der Waals surface area contributed by atoms with Gasteiger partial charge in [-0.3, -0.25) is 4.84 Å². The molecule has 7 nitrogen and oxygen atoms in total. The standard InChI is InChI=1S/C20H26N2O5S/c1-21(13-15-8-6-5-7-9-15)28(23,24)19-14-27-22(2)20(19)16-10-17(25-3)12-18(11-16)26-4/h5-12,19-20H,13-14H2,1-4H3. The quantitative estimate of drug-likeness (QED) is 0.704. The van der Waals surface area contributed by atoms with Gasteiger partial charge < -0.3 is 9.47 Å². The van der Waals surface area contributed by atoms with E-state index in [1.807, 2.05) is 42.5 Å². The summed E-state index contributed by atoms with van der Waals surface area (Å²) in [7, 11) is 2.85. The van der Waals surface area contributed by atoms with E-state index in [1.165, 1.54) is 4.31 Å². The molecule has 1 saturated heterocycles. The Labute approximate surface area is 166 Å². The van der Waals surface area contributed by atoms with E-state index in [-0.39, 0.29) is 6.61 Å². The topological polar surface area (TPSA) is 68.3 Å². The van der Waals surface area contributed by atoms with Gasteiger partial charge >= 0.3 is 0 Å². The fraction of sp³-hybridized carbons (Fsp3) is 0.400. The molecular formula is C20H26N2O5S. The third-order valence-electron chi connectivity index (χ3n) is 4.97. The van der Waals surface area contributed by atoms with Gasteiger partial charge in [-0.2, -0.15) is 5.06 Å². The molecule has 152 valence electrons. The van der Waals surface area contributed by atoms with Crippen molar-refractivity contribution in [3.05, 3.63) is 59.7 Å². The molecule has 3 rings (SSSR count). The maximum Gasteiger partial charge on any atom is 0.221 e. The molecule has 2 unspecified atom stereocenters. The number of hydroxylamine groups is 2. The Morgan fingerprint density at radius 2 is 1.71 bits per heavy atom. The SMILES string of the molecule is COc1cc(OC)cc(C2C(S(=O)(=O)N(C)Cc3ccccc3)CON2C)c1. The Morgan fingerprint density at radius 3 is 2.29 bits per heavy atom. The van der Waals surface area contributed by atoms with Gasteiger partial charge in [-0.25, -0.2) is 12.7 Å². The van der Waals surface area contributed by atoms with Crippen molar-refractivity contribution in [2.45, 2.75) is 17.8 Å². The molecule has 0 aromatic heterocycles. The Balaban J connectivity index is 1.92. The number of nitrogens with zero attached hydrogens (tertiary/aromatic N) is 2. The Hall–Kier alpha value is -2.13. The van der Waals surface area contributed by atoms with Crippen LogP contribution < -0.4 is 9.47 Å². The van der Waals surface area contributed by atoms with Crippen molar-refractivity contribution in [3.63, 3.8) is 0 Å². The van der Waals surface area contributed by atoms with Crippen molar-refractivity contribution in [1.82, 2.24) is 9.37 Å². The predicted molar refractivity (Wildman–Crippen MR) is 107 cm³/mol. The highest BCUT2D eigenvalue weighted by Crippen LogP contribution is 2.38. The largest absolute Gasteiger partial charge is 0.497 e. The molecule has 0 amide bonds. The summed E-state index contributed by atoms with van der Waals surface area (Å²) in [6.45, 7) is 0.389. The van der Waals surface area contributed by atoms with E-state index < -0.39 is 21.3 Å². The molecule has 0 bridgehead atoms. The van der Waals surface area contributed by atoms with E-state index in [1.54, 1.807) is 39.4 Å². The zero-order valence-corrected chi connectivity index (χ0v) is 17.3. The van der Waals surface area contributed by atoms with Crippen molar-refractivity contribution >= 4 is 10.0 Å². The molecule has 0 saturated carbocycles. The van der Waals surface area contributed by atoms with Crippen LogP contribution in [0.25, 0.3) is 0 Å². The highest BCUT2D eigenvalue weighted by molar-refractivity contribution is 7.89. The predicted octanol–water partition coefficient (Wildman–Crippen LogP) is 2.45. The van der Waals surface area contributed by atoms with Gasteiger partial charge in [0.2, 0.25) is 10.0 Å². The summed E-state index contributed by atoms with van der Waals surface area (Å²) in [6.07, 6.45) is 0. The zero-order valence-electron chi connectivity index (χ0n) is 16.5. The smallest absolute Gasteiger partial charge is 0.221 e. The number of hydrogen-bond donors (Lipinski definition) is 0. The lowest BCUT2D eigenvalue weighted by Crippen LogP contribution is -2.40. The molecule has 0 N–H and O–H groups in total. The van der Waals surface area contributed by atoms with Crippen LogP contribution in [0.4, 0.5) is 0 Å². The Bertz CT molecular complexity index is 882. The van der Waals surface area contributed by atoms with Crippen LogP contribution in [0.1, 0.15) is 17.2 Å². The van der Waals surface area contributed by atoms with Gasteiger partial charge in [0.1, 0.15) is 16.7 Å². The average Bonchev–Trinajstić information content (AvgIpc) is 3.10. The maximum atomic E-state index is 13.3. The lowest BCUT2D eigenvalue weighted by Gasteiger charge is -2.27. The second-order valence-corrected chi connectivity index (χ2v) is 9.02. The number of rotatable bonds is 7. The molecule has 0 radical (unpaired) electrons. The van der Waals surface area contributed by atoms with E-state index in [9.17, 15) is 8.42 Å². The van der Waals surface area contributed by atoms with Crippen molar-refractivity contribution in [2.24, 2.45) is 0 Å². The molecule has 2 atom stereocenters.